The molecule has 1 aliphatic heterocycles. The zero-order valence-corrected chi connectivity index (χ0v) is 14.1. The van der Waals surface area contributed by atoms with Crippen molar-refractivity contribution in [3.63, 3.8) is 0 Å². The molecule has 21 heavy (non-hydrogen) atoms. The van der Waals surface area contributed by atoms with Gasteiger partial charge in [0.1, 0.15) is 5.82 Å². The summed E-state index contributed by atoms with van der Waals surface area (Å²) >= 11 is 0. The Balaban J connectivity index is 2.08. The van der Waals surface area contributed by atoms with Crippen LogP contribution in [-0.2, 0) is 6.42 Å². The van der Waals surface area contributed by atoms with Gasteiger partial charge >= 0.3 is 0 Å². The molecule has 1 aliphatic rings. The van der Waals surface area contributed by atoms with Crippen molar-refractivity contribution in [3.8, 4) is 0 Å². The van der Waals surface area contributed by atoms with Gasteiger partial charge in [0.25, 0.3) is 0 Å². The zero-order valence-electron chi connectivity index (χ0n) is 14.1. The van der Waals surface area contributed by atoms with Crippen LogP contribution >= 0.6 is 0 Å². The highest BCUT2D eigenvalue weighted by Gasteiger charge is 2.30. The smallest absolute Gasteiger partial charge is 0.125 e. The maximum Gasteiger partial charge on any atom is 0.125 e. The molecule has 3 heteroatoms. The Morgan fingerprint density at radius 2 is 1.95 bits per heavy atom. The van der Waals surface area contributed by atoms with Gasteiger partial charge in [-0.05, 0) is 56.7 Å². The first kappa shape index (κ1) is 16.3. The summed E-state index contributed by atoms with van der Waals surface area (Å²) in [5.74, 6) is -0.133. The lowest BCUT2D eigenvalue weighted by Crippen LogP contribution is -2.47. The minimum Gasteiger partial charge on any atom is -0.370 e. The molecule has 1 unspecified atom stereocenters. The molecule has 1 N–H and O–H groups in total. The third kappa shape index (κ3) is 4.19. The normalized spacial score (nSPS) is 17.7. The Bertz CT molecular complexity index is 492. The number of nitrogens with one attached hydrogen (secondary N) is 1. The number of benzene rings is 1. The number of hydrogen-bond donors (Lipinski definition) is 1. The highest BCUT2D eigenvalue weighted by atomic mass is 19.1. The molecular formula is C18H29FN2. The van der Waals surface area contributed by atoms with Crippen molar-refractivity contribution in [1.29, 1.82) is 0 Å². The van der Waals surface area contributed by atoms with Gasteiger partial charge in [-0.2, -0.15) is 0 Å². The van der Waals surface area contributed by atoms with Gasteiger partial charge < -0.3 is 10.2 Å². The van der Waals surface area contributed by atoms with Crippen LogP contribution < -0.4 is 10.2 Å². The molecule has 0 spiro atoms. The van der Waals surface area contributed by atoms with Gasteiger partial charge in [0.15, 0.2) is 0 Å². The molecule has 0 fully saturated rings. The van der Waals surface area contributed by atoms with Gasteiger partial charge in [-0.1, -0.05) is 19.9 Å². The molecule has 0 aromatic heterocycles. The van der Waals surface area contributed by atoms with Crippen LogP contribution in [0.15, 0.2) is 18.2 Å². The molecule has 0 saturated carbocycles. The minimum absolute atomic E-state index is 0.130. The van der Waals surface area contributed by atoms with Crippen LogP contribution in [0.4, 0.5) is 10.1 Å². The predicted octanol–water partition coefficient (Wildman–Crippen LogP) is 3.99. The van der Waals surface area contributed by atoms with E-state index in [1.807, 2.05) is 6.07 Å². The van der Waals surface area contributed by atoms with Gasteiger partial charge in [0.05, 0.1) is 0 Å². The van der Waals surface area contributed by atoms with Crippen molar-refractivity contribution in [3.05, 3.63) is 29.6 Å². The molecule has 1 aromatic carbocycles. The molecule has 1 aromatic rings. The summed E-state index contributed by atoms with van der Waals surface area (Å²) < 4.78 is 13.5. The first-order valence-electron chi connectivity index (χ1n) is 8.01. The lowest BCUT2D eigenvalue weighted by molar-refractivity contribution is 0.260. The van der Waals surface area contributed by atoms with Gasteiger partial charge in [0, 0.05) is 30.9 Å². The number of rotatable bonds is 5. The Kier molecular flexibility index (Phi) is 4.62. The molecule has 0 saturated heterocycles. The van der Waals surface area contributed by atoms with Gasteiger partial charge in [-0.15, -0.1) is 0 Å². The molecular weight excluding hydrogens is 263 g/mol. The maximum atomic E-state index is 13.5. The minimum atomic E-state index is -0.133. The van der Waals surface area contributed by atoms with Gasteiger partial charge in [-0.3, -0.25) is 0 Å². The second-order valence-electron chi connectivity index (χ2n) is 7.71. The van der Waals surface area contributed by atoms with Crippen molar-refractivity contribution in [2.75, 3.05) is 24.5 Å². The van der Waals surface area contributed by atoms with E-state index >= 15 is 0 Å². The number of halogens is 1. The summed E-state index contributed by atoms with van der Waals surface area (Å²) in [5, 5.41) is 3.62. The average molecular weight is 292 g/mol. The number of anilines is 1. The maximum absolute atomic E-state index is 13.5. The van der Waals surface area contributed by atoms with E-state index in [1.165, 1.54) is 5.56 Å². The third-order valence-corrected chi connectivity index (χ3v) is 4.51. The summed E-state index contributed by atoms with van der Waals surface area (Å²) in [4.78, 5) is 2.35. The molecule has 0 aliphatic carbocycles. The fourth-order valence-electron chi connectivity index (χ4n) is 2.81. The van der Waals surface area contributed by atoms with Crippen LogP contribution in [0.25, 0.3) is 0 Å². The third-order valence-electron chi connectivity index (χ3n) is 4.51. The van der Waals surface area contributed by atoms with Crippen LogP contribution in [0.5, 0.6) is 0 Å². The Morgan fingerprint density at radius 1 is 1.24 bits per heavy atom. The summed E-state index contributed by atoms with van der Waals surface area (Å²) in [7, 11) is 0. The summed E-state index contributed by atoms with van der Waals surface area (Å²) in [6.45, 7) is 14.1. The average Bonchev–Trinajstić information content (AvgIpc) is 2.78. The lowest BCUT2D eigenvalue weighted by Gasteiger charge is -2.37. The van der Waals surface area contributed by atoms with Crippen molar-refractivity contribution in [1.82, 2.24) is 5.32 Å². The largest absolute Gasteiger partial charge is 0.370 e. The van der Waals surface area contributed by atoms with Crippen molar-refractivity contribution < 1.29 is 4.39 Å². The monoisotopic (exact) mass is 292 g/mol. The molecule has 0 radical (unpaired) electrons. The SMILES string of the molecule is CCC(C)(CNC(C)(C)C)CN1CCc2ccc(F)cc21. The van der Waals surface area contributed by atoms with Crippen molar-refractivity contribution in [2.24, 2.45) is 5.41 Å². The van der Waals surface area contributed by atoms with E-state index in [2.05, 4.69) is 44.8 Å². The van der Waals surface area contributed by atoms with Crippen LogP contribution in [0.3, 0.4) is 0 Å². The van der Waals surface area contributed by atoms with Crippen molar-refractivity contribution in [2.45, 2.75) is 53.0 Å². The highest BCUT2D eigenvalue weighted by molar-refractivity contribution is 5.58. The predicted molar refractivity (Wildman–Crippen MR) is 88.5 cm³/mol. The molecule has 0 bridgehead atoms. The van der Waals surface area contributed by atoms with Crippen LogP contribution in [0, 0.1) is 11.2 Å². The molecule has 1 atom stereocenters. The highest BCUT2D eigenvalue weighted by Crippen LogP contribution is 2.33. The summed E-state index contributed by atoms with van der Waals surface area (Å²) in [6, 6.07) is 5.19. The number of nitrogens with zero attached hydrogens (tertiary/aromatic N) is 1. The van der Waals surface area contributed by atoms with E-state index in [9.17, 15) is 4.39 Å². The molecule has 0 amide bonds. The topological polar surface area (TPSA) is 15.3 Å². The van der Waals surface area contributed by atoms with E-state index in [-0.39, 0.29) is 16.8 Å². The summed E-state index contributed by atoms with van der Waals surface area (Å²) in [5.41, 5.74) is 2.69. The molecule has 2 rings (SSSR count). The van der Waals surface area contributed by atoms with Gasteiger partial charge in [-0.25, -0.2) is 4.39 Å². The molecule has 118 valence electrons. The first-order chi connectivity index (χ1) is 9.72. The Morgan fingerprint density at radius 3 is 2.57 bits per heavy atom. The molecule has 2 nitrogen and oxygen atoms in total. The van der Waals surface area contributed by atoms with E-state index in [4.69, 9.17) is 0 Å². The van der Waals surface area contributed by atoms with Crippen LogP contribution in [0.2, 0.25) is 0 Å². The van der Waals surface area contributed by atoms with Gasteiger partial charge in [0.2, 0.25) is 0 Å². The van der Waals surface area contributed by atoms with Crippen molar-refractivity contribution >= 4 is 5.69 Å². The lowest BCUT2D eigenvalue weighted by atomic mass is 9.85. The Hall–Kier alpha value is -1.09. The summed E-state index contributed by atoms with van der Waals surface area (Å²) in [6.07, 6.45) is 2.14. The van der Waals surface area contributed by atoms with E-state index < -0.39 is 0 Å². The van der Waals surface area contributed by atoms with Crippen LogP contribution in [-0.4, -0.2) is 25.2 Å². The van der Waals surface area contributed by atoms with E-state index in [1.54, 1.807) is 12.1 Å². The standard InChI is InChI=1S/C18H29FN2/c1-6-18(5,12-20-17(2,3)4)13-21-10-9-14-7-8-15(19)11-16(14)21/h7-8,11,20H,6,9-10,12-13H2,1-5H3. The number of hydrogen-bond acceptors (Lipinski definition) is 2. The number of fused-ring (bicyclic) bond motifs is 1. The van der Waals surface area contributed by atoms with E-state index in [0.29, 0.717) is 0 Å². The van der Waals surface area contributed by atoms with E-state index in [0.717, 1.165) is 38.2 Å². The second-order valence-corrected chi connectivity index (χ2v) is 7.71. The second kappa shape index (κ2) is 5.96. The van der Waals surface area contributed by atoms with Crippen LogP contribution in [0.1, 0.15) is 46.6 Å². The Labute approximate surface area is 128 Å². The first-order valence-corrected chi connectivity index (χ1v) is 8.01. The fourth-order valence-corrected chi connectivity index (χ4v) is 2.81. The quantitative estimate of drug-likeness (QED) is 0.882. The fraction of sp³-hybridized carbons (Fsp3) is 0.667. The molecule has 1 heterocycles. The zero-order chi connectivity index (χ0) is 15.7.